The smallest absolute Gasteiger partial charge is 0.231 e. The van der Waals surface area contributed by atoms with Gasteiger partial charge in [0.15, 0.2) is 0 Å². The summed E-state index contributed by atoms with van der Waals surface area (Å²) in [6, 6.07) is 6.94. The Bertz CT molecular complexity index is 1280. The zero-order valence-corrected chi connectivity index (χ0v) is 24.3. The largest absolute Gasteiger partial charge is 0.324 e. The number of anilines is 1. The number of hydrogen-bond donors (Lipinski definition) is 2. The minimum absolute atomic E-state index is 0.116. The van der Waals surface area contributed by atoms with Crippen LogP contribution in [0.5, 0.6) is 0 Å². The number of hydrogen-bond acceptors (Lipinski definition) is 5. The Hall–Kier alpha value is -2.33. The monoisotopic (exact) mass is 576 g/mol. The molecule has 4 unspecified atom stereocenters. The molecule has 1 aliphatic carbocycles. The molecule has 7 nitrogen and oxygen atoms in total. The van der Waals surface area contributed by atoms with E-state index in [0.29, 0.717) is 48.6 Å². The first-order valence-electron chi connectivity index (χ1n) is 13.6. The van der Waals surface area contributed by atoms with Crippen LogP contribution < -0.4 is 10.6 Å². The molecule has 2 heterocycles. The van der Waals surface area contributed by atoms with Gasteiger partial charge in [-0.25, -0.2) is 12.8 Å². The third-order valence-corrected chi connectivity index (χ3v) is 10.6. The molecule has 0 bridgehead atoms. The number of carbonyl (C=O) groups excluding carboxylic acids is 1. The number of pyridine rings is 1. The molecule has 2 N–H and O–H groups in total. The van der Waals surface area contributed by atoms with Crippen molar-refractivity contribution in [3.63, 3.8) is 0 Å². The summed E-state index contributed by atoms with van der Waals surface area (Å²) in [5.41, 5.74) is 1.57. The zero-order valence-electron chi connectivity index (χ0n) is 22.7. The molecule has 1 amide bonds. The Morgan fingerprint density at radius 1 is 1.26 bits per heavy atom. The van der Waals surface area contributed by atoms with Crippen LogP contribution in [0.4, 0.5) is 10.1 Å². The van der Waals surface area contributed by atoms with E-state index in [1.54, 1.807) is 22.5 Å². The summed E-state index contributed by atoms with van der Waals surface area (Å²) in [6.07, 6.45) is 6.25. The van der Waals surface area contributed by atoms with Crippen molar-refractivity contribution in [2.75, 3.05) is 18.4 Å². The molecule has 39 heavy (non-hydrogen) atoms. The first kappa shape index (κ1) is 29.6. The Kier molecular flexibility index (Phi) is 9.47. The molecule has 0 spiro atoms. The highest BCUT2D eigenvalue weighted by Gasteiger charge is 2.45. The third-order valence-electron chi connectivity index (χ3n) is 7.76. The molecule has 1 saturated heterocycles. The number of halogens is 2. The van der Waals surface area contributed by atoms with E-state index in [1.807, 2.05) is 32.9 Å². The number of rotatable bonds is 11. The number of nitrogens with one attached hydrogen (secondary N) is 2. The van der Waals surface area contributed by atoms with E-state index in [-0.39, 0.29) is 41.5 Å². The van der Waals surface area contributed by atoms with Gasteiger partial charge in [-0.05, 0) is 56.2 Å². The number of benzene rings is 1. The second-order valence-corrected chi connectivity index (χ2v) is 13.5. The molecule has 212 valence electrons. The molecule has 1 aromatic carbocycles. The van der Waals surface area contributed by atoms with Gasteiger partial charge in [0.1, 0.15) is 5.82 Å². The van der Waals surface area contributed by atoms with E-state index >= 15 is 4.39 Å². The van der Waals surface area contributed by atoms with Crippen LogP contribution in [0.2, 0.25) is 5.02 Å². The van der Waals surface area contributed by atoms with E-state index in [0.717, 1.165) is 11.8 Å². The van der Waals surface area contributed by atoms with E-state index in [4.69, 9.17) is 11.6 Å². The van der Waals surface area contributed by atoms with Crippen LogP contribution in [0.3, 0.4) is 0 Å². The zero-order chi connectivity index (χ0) is 28.3. The topological polar surface area (TPSA) is 91.4 Å². The lowest BCUT2D eigenvalue weighted by Gasteiger charge is -2.40. The average Bonchev–Trinajstić information content (AvgIpc) is 3.73. The fourth-order valence-corrected chi connectivity index (χ4v) is 8.06. The van der Waals surface area contributed by atoms with E-state index in [9.17, 15) is 13.2 Å². The molecule has 1 aromatic heterocycles. The molecule has 2 fully saturated rings. The number of sulfonamides is 1. The minimum Gasteiger partial charge on any atom is -0.324 e. The predicted octanol–water partition coefficient (Wildman–Crippen LogP) is 5.14. The van der Waals surface area contributed by atoms with Crippen LogP contribution in [0.1, 0.15) is 57.1 Å². The lowest BCUT2D eigenvalue weighted by atomic mass is 9.78. The molecule has 4 atom stereocenters. The molecule has 2 aromatic rings. The lowest BCUT2D eigenvalue weighted by molar-refractivity contribution is -0.119. The molecule has 4 rings (SSSR count). The van der Waals surface area contributed by atoms with Crippen molar-refractivity contribution in [1.82, 2.24) is 14.6 Å². The van der Waals surface area contributed by atoms with Crippen molar-refractivity contribution in [3.05, 3.63) is 71.3 Å². The van der Waals surface area contributed by atoms with E-state index in [1.165, 1.54) is 6.20 Å². The normalized spacial score (nSPS) is 21.9. The van der Waals surface area contributed by atoms with Crippen molar-refractivity contribution < 1.29 is 17.6 Å². The molecule has 1 saturated carbocycles. The van der Waals surface area contributed by atoms with Gasteiger partial charge < -0.3 is 10.6 Å². The highest BCUT2D eigenvalue weighted by atomic mass is 35.5. The summed E-state index contributed by atoms with van der Waals surface area (Å²) < 4.78 is 43.0. The maximum atomic E-state index is 15.1. The van der Waals surface area contributed by atoms with Crippen molar-refractivity contribution in [2.24, 2.45) is 11.8 Å². The highest BCUT2D eigenvalue weighted by Crippen LogP contribution is 2.36. The average molecular weight is 577 g/mol. The first-order valence-corrected chi connectivity index (χ1v) is 15.5. The third kappa shape index (κ3) is 6.70. The number of nitrogens with zero attached hydrogens (tertiary/aromatic N) is 2. The summed E-state index contributed by atoms with van der Waals surface area (Å²) in [6.45, 7) is 11.0. The van der Waals surface area contributed by atoms with Gasteiger partial charge in [-0.2, -0.15) is 4.31 Å². The predicted molar refractivity (Wildman–Crippen MR) is 154 cm³/mol. The quantitative estimate of drug-likeness (QED) is 0.361. The molecular weight excluding hydrogens is 539 g/mol. The van der Waals surface area contributed by atoms with Crippen molar-refractivity contribution >= 4 is 33.2 Å². The van der Waals surface area contributed by atoms with Gasteiger partial charge in [-0.1, -0.05) is 43.7 Å². The van der Waals surface area contributed by atoms with E-state index < -0.39 is 21.8 Å². The van der Waals surface area contributed by atoms with Gasteiger partial charge in [-0.15, -0.1) is 6.58 Å². The highest BCUT2D eigenvalue weighted by molar-refractivity contribution is 7.90. The van der Waals surface area contributed by atoms with Crippen LogP contribution in [-0.2, 0) is 21.2 Å². The van der Waals surface area contributed by atoms with Gasteiger partial charge >= 0.3 is 0 Å². The summed E-state index contributed by atoms with van der Waals surface area (Å²) in [5.74, 6) is -1.47. The SMILES string of the molecule is C=CC(C(=O)Nc1cncc(F)c1CCC1CNCC(C)N1S(=O)(=O)C1CC1)C(c1ccc(Cl)cc1)C(C)C. The van der Waals surface area contributed by atoms with Gasteiger partial charge in [0, 0.05) is 41.7 Å². The number of carbonyl (C=O) groups is 1. The second-order valence-electron chi connectivity index (χ2n) is 11.0. The van der Waals surface area contributed by atoms with Crippen LogP contribution >= 0.6 is 11.6 Å². The Labute approximate surface area is 236 Å². The second kappa shape index (κ2) is 12.5. The van der Waals surface area contributed by atoms with Crippen molar-refractivity contribution in [2.45, 2.75) is 69.7 Å². The maximum absolute atomic E-state index is 15.1. The van der Waals surface area contributed by atoms with Gasteiger partial charge in [0.25, 0.3) is 0 Å². The molecule has 0 radical (unpaired) electrons. The van der Waals surface area contributed by atoms with Gasteiger partial charge in [0.05, 0.1) is 29.2 Å². The van der Waals surface area contributed by atoms with Crippen LogP contribution in [0, 0.1) is 17.7 Å². The fourth-order valence-electron chi connectivity index (χ4n) is 5.68. The fraction of sp³-hybridized carbons (Fsp3) is 0.517. The van der Waals surface area contributed by atoms with Crippen LogP contribution in [0.15, 0.2) is 49.3 Å². The Balaban J connectivity index is 1.54. The molecule has 10 heteroatoms. The van der Waals surface area contributed by atoms with Gasteiger partial charge in [0.2, 0.25) is 15.9 Å². The molecule has 2 aliphatic rings. The first-order chi connectivity index (χ1) is 18.5. The summed E-state index contributed by atoms with van der Waals surface area (Å²) in [7, 11) is -3.39. The Morgan fingerprint density at radius 2 is 1.95 bits per heavy atom. The van der Waals surface area contributed by atoms with Gasteiger partial charge in [-0.3, -0.25) is 9.78 Å². The number of piperazine rings is 1. The molecule has 1 aliphatic heterocycles. The van der Waals surface area contributed by atoms with E-state index in [2.05, 4.69) is 22.2 Å². The minimum atomic E-state index is -3.39. The lowest BCUT2D eigenvalue weighted by Crippen LogP contribution is -2.59. The summed E-state index contributed by atoms with van der Waals surface area (Å²) in [4.78, 5) is 17.5. The van der Waals surface area contributed by atoms with Crippen molar-refractivity contribution in [3.8, 4) is 0 Å². The Morgan fingerprint density at radius 3 is 2.56 bits per heavy atom. The maximum Gasteiger partial charge on any atom is 0.231 e. The summed E-state index contributed by atoms with van der Waals surface area (Å²) in [5, 5.41) is 6.51. The number of aromatic nitrogens is 1. The van der Waals surface area contributed by atoms with Crippen LogP contribution in [-0.4, -0.2) is 54.0 Å². The van der Waals surface area contributed by atoms with Crippen LogP contribution in [0.25, 0.3) is 0 Å². The summed E-state index contributed by atoms with van der Waals surface area (Å²) >= 11 is 6.08. The number of amides is 1. The van der Waals surface area contributed by atoms with Crippen molar-refractivity contribution in [1.29, 1.82) is 0 Å². The molecular formula is C29H38ClFN4O3S. The standard InChI is InChI=1S/C29H38ClFN4O3S/c1-5-24(28(18(2)3)20-6-8-21(30)9-7-20)29(36)34-27-17-33-16-26(31)25(27)13-10-22-15-32-14-19(4)35(22)39(37,38)23-11-12-23/h5-9,16-19,22-24,28,32H,1,10-15H2,2-4H3,(H,34,36).